The van der Waals surface area contributed by atoms with Gasteiger partial charge in [-0.3, -0.25) is 9.36 Å². The number of aromatic nitrogens is 1. The number of pyridine rings is 1. The topological polar surface area (TPSA) is 77.8 Å². The molecule has 2 heterocycles. The fourth-order valence-electron chi connectivity index (χ4n) is 1.85. The van der Waals surface area contributed by atoms with Crippen molar-refractivity contribution < 1.29 is 19.4 Å². The molecule has 1 N–H and O–H groups in total. The van der Waals surface area contributed by atoms with Gasteiger partial charge < -0.3 is 14.6 Å². The third-order valence-corrected chi connectivity index (χ3v) is 2.79. The molecular weight excluding hydrogens is 250 g/mol. The number of carboxylic acids is 1. The molecule has 0 radical (unpaired) electrons. The molecule has 0 amide bonds. The molecule has 0 fully saturated rings. The Labute approximate surface area is 107 Å². The fourth-order valence-corrected chi connectivity index (χ4v) is 1.85. The van der Waals surface area contributed by atoms with Crippen molar-refractivity contribution in [3.05, 3.63) is 52.4 Å². The van der Waals surface area contributed by atoms with Crippen LogP contribution < -0.4 is 15.0 Å². The zero-order valence-corrected chi connectivity index (χ0v) is 9.70. The maximum atomic E-state index is 11.8. The van der Waals surface area contributed by atoms with Crippen molar-refractivity contribution in [1.82, 2.24) is 4.57 Å². The van der Waals surface area contributed by atoms with Gasteiger partial charge in [-0.05, 0) is 18.2 Å². The van der Waals surface area contributed by atoms with E-state index in [1.807, 2.05) is 0 Å². The standard InChI is InChI=1S/C13H9NO5/c15-12-4-1-8(13(16)17)6-14(12)9-2-3-10-11(5-9)19-7-18-10/h1-6H,7H2,(H,16,17). The van der Waals surface area contributed by atoms with Crippen LogP contribution in [0.2, 0.25) is 0 Å². The Balaban J connectivity index is 2.13. The first-order chi connectivity index (χ1) is 9.15. The Morgan fingerprint density at radius 3 is 2.74 bits per heavy atom. The lowest BCUT2D eigenvalue weighted by Crippen LogP contribution is -2.18. The van der Waals surface area contributed by atoms with E-state index < -0.39 is 5.97 Å². The SMILES string of the molecule is O=C(O)c1ccc(=O)n(-c2ccc3c(c2)OCO3)c1. The van der Waals surface area contributed by atoms with Crippen molar-refractivity contribution in [2.75, 3.05) is 6.79 Å². The second-order valence-corrected chi connectivity index (χ2v) is 3.97. The highest BCUT2D eigenvalue weighted by Gasteiger charge is 2.15. The molecule has 0 bridgehead atoms. The van der Waals surface area contributed by atoms with Crippen molar-refractivity contribution in [2.24, 2.45) is 0 Å². The molecule has 0 saturated heterocycles. The number of carboxylic acid groups (broad SMARTS) is 1. The Hall–Kier alpha value is -2.76. The van der Waals surface area contributed by atoms with E-state index >= 15 is 0 Å². The van der Waals surface area contributed by atoms with Crippen LogP contribution in [0.3, 0.4) is 0 Å². The predicted octanol–water partition coefficient (Wildman–Crippen LogP) is 1.26. The molecule has 1 aliphatic rings. The molecule has 2 aromatic rings. The van der Waals surface area contributed by atoms with E-state index in [9.17, 15) is 9.59 Å². The number of fused-ring (bicyclic) bond motifs is 1. The zero-order valence-electron chi connectivity index (χ0n) is 9.70. The second kappa shape index (κ2) is 4.16. The van der Waals surface area contributed by atoms with Crippen LogP contribution in [-0.4, -0.2) is 22.4 Å². The van der Waals surface area contributed by atoms with Gasteiger partial charge in [0.2, 0.25) is 6.79 Å². The summed E-state index contributed by atoms with van der Waals surface area (Å²) in [5.41, 5.74) is 0.249. The number of benzene rings is 1. The molecule has 0 atom stereocenters. The van der Waals surface area contributed by atoms with Gasteiger partial charge in [0.1, 0.15) is 0 Å². The summed E-state index contributed by atoms with van der Waals surface area (Å²) < 4.78 is 11.7. The van der Waals surface area contributed by atoms with Gasteiger partial charge in [0.15, 0.2) is 11.5 Å². The number of nitrogens with zero attached hydrogens (tertiary/aromatic N) is 1. The van der Waals surface area contributed by atoms with Crippen LogP contribution in [0.5, 0.6) is 11.5 Å². The van der Waals surface area contributed by atoms with Crippen LogP contribution in [0.1, 0.15) is 10.4 Å². The van der Waals surface area contributed by atoms with Gasteiger partial charge >= 0.3 is 5.97 Å². The Bertz CT molecular complexity index is 719. The molecular formula is C13H9NO5. The normalized spacial score (nSPS) is 12.4. The summed E-state index contributed by atoms with van der Waals surface area (Å²) in [5.74, 6) is 0.0470. The van der Waals surface area contributed by atoms with E-state index in [1.165, 1.54) is 22.9 Å². The van der Waals surface area contributed by atoms with E-state index in [0.29, 0.717) is 17.2 Å². The van der Waals surface area contributed by atoms with E-state index in [4.69, 9.17) is 14.6 Å². The number of ether oxygens (including phenoxy) is 2. The summed E-state index contributed by atoms with van der Waals surface area (Å²) in [6, 6.07) is 7.47. The maximum absolute atomic E-state index is 11.8. The first-order valence-electron chi connectivity index (χ1n) is 5.51. The number of carbonyl (C=O) groups is 1. The smallest absolute Gasteiger partial charge is 0.337 e. The molecule has 0 spiro atoms. The van der Waals surface area contributed by atoms with Gasteiger partial charge in [0, 0.05) is 18.3 Å². The van der Waals surface area contributed by atoms with Crippen molar-refractivity contribution in [2.45, 2.75) is 0 Å². The zero-order chi connectivity index (χ0) is 13.4. The fraction of sp³-hybridized carbons (Fsp3) is 0.0769. The first-order valence-corrected chi connectivity index (χ1v) is 5.51. The molecule has 0 saturated carbocycles. The third kappa shape index (κ3) is 1.93. The molecule has 0 unspecified atom stereocenters. The molecule has 6 nitrogen and oxygen atoms in total. The molecule has 96 valence electrons. The lowest BCUT2D eigenvalue weighted by atomic mass is 10.2. The van der Waals surface area contributed by atoms with Crippen molar-refractivity contribution in [3.63, 3.8) is 0 Å². The molecule has 6 heteroatoms. The third-order valence-electron chi connectivity index (χ3n) is 2.79. The minimum Gasteiger partial charge on any atom is -0.478 e. The maximum Gasteiger partial charge on any atom is 0.337 e. The van der Waals surface area contributed by atoms with E-state index in [1.54, 1.807) is 18.2 Å². The average Bonchev–Trinajstić information content (AvgIpc) is 2.86. The number of hydrogen-bond donors (Lipinski definition) is 1. The van der Waals surface area contributed by atoms with Crippen LogP contribution >= 0.6 is 0 Å². The Morgan fingerprint density at radius 2 is 1.95 bits per heavy atom. The minimum atomic E-state index is -1.09. The lowest BCUT2D eigenvalue weighted by molar-refractivity contribution is 0.0696. The second-order valence-electron chi connectivity index (χ2n) is 3.97. The van der Waals surface area contributed by atoms with Gasteiger partial charge in [0.25, 0.3) is 5.56 Å². The van der Waals surface area contributed by atoms with Gasteiger partial charge in [-0.25, -0.2) is 4.79 Å². The Kier molecular flexibility index (Phi) is 2.49. The van der Waals surface area contributed by atoms with Crippen LogP contribution in [0.15, 0.2) is 41.3 Å². The predicted molar refractivity (Wildman–Crippen MR) is 65.1 cm³/mol. The average molecular weight is 259 g/mol. The quantitative estimate of drug-likeness (QED) is 0.878. The van der Waals surface area contributed by atoms with Crippen molar-refractivity contribution in [1.29, 1.82) is 0 Å². The van der Waals surface area contributed by atoms with Crippen LogP contribution in [-0.2, 0) is 0 Å². The van der Waals surface area contributed by atoms with Crippen LogP contribution in [0, 0.1) is 0 Å². The van der Waals surface area contributed by atoms with Crippen LogP contribution in [0.4, 0.5) is 0 Å². The van der Waals surface area contributed by atoms with Crippen LogP contribution in [0.25, 0.3) is 5.69 Å². The van der Waals surface area contributed by atoms with E-state index in [2.05, 4.69) is 0 Å². The molecule has 19 heavy (non-hydrogen) atoms. The number of rotatable bonds is 2. The summed E-state index contributed by atoms with van der Waals surface area (Å²) >= 11 is 0. The lowest BCUT2D eigenvalue weighted by Gasteiger charge is -2.07. The van der Waals surface area contributed by atoms with Crippen molar-refractivity contribution in [3.8, 4) is 17.2 Å². The van der Waals surface area contributed by atoms with Gasteiger partial charge in [-0.1, -0.05) is 0 Å². The summed E-state index contributed by atoms with van der Waals surface area (Å²) in [6.07, 6.45) is 1.28. The molecule has 1 aliphatic heterocycles. The first kappa shape index (κ1) is 11.3. The summed E-state index contributed by atoms with van der Waals surface area (Å²) in [5, 5.41) is 8.94. The largest absolute Gasteiger partial charge is 0.478 e. The summed E-state index contributed by atoms with van der Waals surface area (Å²) in [4.78, 5) is 22.7. The van der Waals surface area contributed by atoms with E-state index in [-0.39, 0.29) is 17.9 Å². The highest BCUT2D eigenvalue weighted by molar-refractivity contribution is 5.87. The molecule has 3 rings (SSSR count). The molecule has 1 aromatic heterocycles. The molecule has 0 aliphatic carbocycles. The van der Waals surface area contributed by atoms with Gasteiger partial charge in [-0.2, -0.15) is 0 Å². The monoisotopic (exact) mass is 259 g/mol. The van der Waals surface area contributed by atoms with E-state index in [0.717, 1.165) is 0 Å². The molecule has 1 aromatic carbocycles. The highest BCUT2D eigenvalue weighted by Crippen LogP contribution is 2.33. The highest BCUT2D eigenvalue weighted by atomic mass is 16.7. The van der Waals surface area contributed by atoms with Crippen molar-refractivity contribution >= 4 is 5.97 Å². The summed E-state index contributed by atoms with van der Waals surface area (Å²) in [6.45, 7) is 0.142. The van der Waals surface area contributed by atoms with Gasteiger partial charge in [0.05, 0.1) is 11.3 Å². The Morgan fingerprint density at radius 1 is 1.16 bits per heavy atom. The minimum absolute atomic E-state index is 0.0391. The number of hydrogen-bond acceptors (Lipinski definition) is 4. The van der Waals surface area contributed by atoms with Gasteiger partial charge in [-0.15, -0.1) is 0 Å². The summed E-state index contributed by atoms with van der Waals surface area (Å²) in [7, 11) is 0. The number of aromatic carboxylic acids is 1.